The summed E-state index contributed by atoms with van der Waals surface area (Å²) in [5.74, 6) is 0.110. The predicted molar refractivity (Wildman–Crippen MR) is 96.9 cm³/mol. The maximum Gasteiger partial charge on any atom is 0.281 e. The normalized spacial score (nSPS) is 10.8. The quantitative estimate of drug-likeness (QED) is 0.513. The molecule has 0 spiro atoms. The van der Waals surface area contributed by atoms with Crippen LogP contribution in [-0.2, 0) is 11.2 Å². The minimum atomic E-state index is -0.679. The molecule has 1 amide bonds. The van der Waals surface area contributed by atoms with Gasteiger partial charge in [0.25, 0.3) is 5.91 Å². The Labute approximate surface area is 156 Å². The molecular formula is C18H19Cl2NO4. The second-order valence-corrected chi connectivity index (χ2v) is 6.73. The van der Waals surface area contributed by atoms with Crippen molar-refractivity contribution in [3.63, 3.8) is 0 Å². The number of aromatic hydroxyl groups is 1. The molecule has 7 heteroatoms. The zero-order valence-corrected chi connectivity index (χ0v) is 15.4. The van der Waals surface area contributed by atoms with Crippen molar-refractivity contribution in [1.29, 1.82) is 0 Å². The zero-order valence-electron chi connectivity index (χ0n) is 13.8. The van der Waals surface area contributed by atoms with Crippen molar-refractivity contribution in [2.75, 3.05) is 6.61 Å². The molecule has 0 unspecified atom stereocenters. The van der Waals surface area contributed by atoms with Crippen molar-refractivity contribution in [3.05, 3.63) is 57.1 Å². The molecule has 0 aliphatic carbocycles. The van der Waals surface area contributed by atoms with Crippen LogP contribution in [0.3, 0.4) is 0 Å². The summed E-state index contributed by atoms with van der Waals surface area (Å²) in [6.07, 6.45) is 0.495. The second-order valence-electron chi connectivity index (χ2n) is 5.91. The lowest BCUT2D eigenvalue weighted by atomic mass is 9.96. The van der Waals surface area contributed by atoms with E-state index < -0.39 is 5.91 Å². The van der Waals surface area contributed by atoms with Crippen LogP contribution in [0.25, 0.3) is 0 Å². The first kappa shape index (κ1) is 19.4. The average Bonchev–Trinajstić information content (AvgIpc) is 2.57. The highest BCUT2D eigenvalue weighted by Crippen LogP contribution is 2.33. The number of nitrogens with one attached hydrogen (secondary N) is 1. The summed E-state index contributed by atoms with van der Waals surface area (Å²) in [4.78, 5) is 11.0. The molecule has 0 aliphatic rings. The molecule has 0 heterocycles. The van der Waals surface area contributed by atoms with Gasteiger partial charge in [-0.3, -0.25) is 10.0 Å². The van der Waals surface area contributed by atoms with Gasteiger partial charge in [-0.25, -0.2) is 5.48 Å². The molecule has 0 atom stereocenters. The van der Waals surface area contributed by atoms with Crippen molar-refractivity contribution < 1.29 is 19.8 Å². The number of carbonyl (C=O) groups is 1. The first-order chi connectivity index (χ1) is 11.8. The van der Waals surface area contributed by atoms with Crippen molar-refractivity contribution >= 4 is 29.1 Å². The summed E-state index contributed by atoms with van der Waals surface area (Å²) in [6, 6.07) is 8.55. The summed E-state index contributed by atoms with van der Waals surface area (Å²) in [5.41, 5.74) is 4.03. The Morgan fingerprint density at radius 1 is 1.20 bits per heavy atom. The Bertz CT molecular complexity index is 755. The van der Waals surface area contributed by atoms with E-state index in [2.05, 4.69) is 0 Å². The van der Waals surface area contributed by atoms with Gasteiger partial charge in [0.05, 0.1) is 0 Å². The number of hydrogen-bond donors (Lipinski definition) is 3. The number of hydrogen-bond acceptors (Lipinski definition) is 4. The van der Waals surface area contributed by atoms with Crippen molar-refractivity contribution in [2.45, 2.75) is 26.2 Å². The zero-order chi connectivity index (χ0) is 18.6. The van der Waals surface area contributed by atoms with Gasteiger partial charge in [-0.15, -0.1) is 0 Å². The van der Waals surface area contributed by atoms with Gasteiger partial charge in [-0.2, -0.15) is 0 Å². The molecule has 0 saturated heterocycles. The Hall–Kier alpha value is -1.95. The highest BCUT2D eigenvalue weighted by molar-refractivity contribution is 6.36. The summed E-state index contributed by atoms with van der Waals surface area (Å²) < 4.78 is 5.22. The second kappa shape index (κ2) is 8.43. The Morgan fingerprint density at radius 2 is 1.84 bits per heavy atom. The third-order valence-corrected chi connectivity index (χ3v) is 4.38. The lowest BCUT2D eigenvalue weighted by Crippen LogP contribution is -2.25. The van der Waals surface area contributed by atoms with Gasteiger partial charge in [0.15, 0.2) is 6.61 Å². The summed E-state index contributed by atoms with van der Waals surface area (Å²) in [7, 11) is 0. The molecule has 0 radical (unpaired) electrons. The molecule has 2 aromatic rings. The molecule has 2 aromatic carbocycles. The molecule has 5 nitrogen and oxygen atoms in total. The summed E-state index contributed by atoms with van der Waals surface area (Å²) in [5, 5.41) is 19.2. The maximum atomic E-state index is 11.0. The minimum absolute atomic E-state index is 0.194. The number of hydroxylamine groups is 1. The van der Waals surface area contributed by atoms with E-state index in [9.17, 15) is 9.90 Å². The standard InChI is InChI=1S/C18H19Cl2NO4/c1-10(2)13-5-11(3-4-17(13)22)6-14-15(19)7-12(8-16(14)20)25-9-18(23)21-24/h3-5,7-8,10,22,24H,6,9H2,1-2H3,(H,21,23). The fourth-order valence-electron chi connectivity index (χ4n) is 2.39. The molecule has 0 aliphatic heterocycles. The van der Waals surface area contributed by atoms with E-state index in [0.717, 1.165) is 16.7 Å². The van der Waals surface area contributed by atoms with Gasteiger partial charge in [0, 0.05) is 16.5 Å². The van der Waals surface area contributed by atoms with Crippen LogP contribution in [0.1, 0.15) is 36.5 Å². The Balaban J connectivity index is 2.23. The van der Waals surface area contributed by atoms with E-state index in [4.69, 9.17) is 33.1 Å². The number of amides is 1. The molecule has 25 heavy (non-hydrogen) atoms. The van der Waals surface area contributed by atoms with Gasteiger partial charge in [0.1, 0.15) is 11.5 Å². The molecule has 2 rings (SSSR count). The third-order valence-electron chi connectivity index (χ3n) is 3.70. The van der Waals surface area contributed by atoms with E-state index in [1.807, 2.05) is 26.0 Å². The van der Waals surface area contributed by atoms with Gasteiger partial charge < -0.3 is 9.84 Å². The van der Waals surface area contributed by atoms with E-state index in [-0.39, 0.29) is 18.3 Å². The van der Waals surface area contributed by atoms with Crippen LogP contribution in [0.15, 0.2) is 30.3 Å². The van der Waals surface area contributed by atoms with Crippen LogP contribution >= 0.6 is 23.2 Å². The summed E-state index contributed by atoms with van der Waals surface area (Å²) in [6.45, 7) is 3.67. The maximum absolute atomic E-state index is 11.0. The predicted octanol–water partition coefficient (Wildman–Crippen LogP) is 4.30. The molecular weight excluding hydrogens is 365 g/mol. The number of rotatable bonds is 6. The highest BCUT2D eigenvalue weighted by atomic mass is 35.5. The number of phenolic OH excluding ortho intramolecular Hbond substituents is 1. The number of halogens is 2. The van der Waals surface area contributed by atoms with Gasteiger partial charge in [0.2, 0.25) is 0 Å². The topological polar surface area (TPSA) is 78.8 Å². The van der Waals surface area contributed by atoms with Gasteiger partial charge in [-0.1, -0.05) is 49.2 Å². The number of benzene rings is 2. The van der Waals surface area contributed by atoms with Gasteiger partial charge >= 0.3 is 0 Å². The van der Waals surface area contributed by atoms with Crippen LogP contribution in [0.5, 0.6) is 11.5 Å². The van der Waals surface area contributed by atoms with Crippen LogP contribution in [-0.4, -0.2) is 22.8 Å². The molecule has 0 saturated carbocycles. The largest absolute Gasteiger partial charge is 0.508 e. The van der Waals surface area contributed by atoms with E-state index in [1.54, 1.807) is 18.2 Å². The molecule has 134 valence electrons. The lowest BCUT2D eigenvalue weighted by Gasteiger charge is -2.13. The monoisotopic (exact) mass is 383 g/mol. The number of phenols is 1. The number of ether oxygens (including phenoxy) is 1. The van der Waals surface area contributed by atoms with Gasteiger partial charge in [-0.05, 0) is 40.8 Å². The van der Waals surface area contributed by atoms with Crippen LogP contribution in [0.4, 0.5) is 0 Å². The fourth-order valence-corrected chi connectivity index (χ4v) is 2.99. The Morgan fingerprint density at radius 3 is 2.40 bits per heavy atom. The fraction of sp³-hybridized carbons (Fsp3) is 0.278. The van der Waals surface area contributed by atoms with Crippen molar-refractivity contribution in [2.24, 2.45) is 0 Å². The summed E-state index contributed by atoms with van der Waals surface area (Å²) >= 11 is 12.6. The van der Waals surface area contributed by atoms with Crippen LogP contribution in [0.2, 0.25) is 10.0 Å². The van der Waals surface area contributed by atoms with Crippen molar-refractivity contribution in [1.82, 2.24) is 5.48 Å². The first-order valence-electron chi connectivity index (χ1n) is 7.67. The SMILES string of the molecule is CC(C)c1cc(Cc2c(Cl)cc(OCC(=O)NO)cc2Cl)ccc1O. The van der Waals surface area contributed by atoms with Crippen LogP contribution < -0.4 is 10.2 Å². The van der Waals surface area contributed by atoms with E-state index in [1.165, 1.54) is 5.48 Å². The average molecular weight is 384 g/mol. The molecule has 0 bridgehead atoms. The highest BCUT2D eigenvalue weighted by Gasteiger charge is 2.13. The van der Waals surface area contributed by atoms with E-state index in [0.29, 0.717) is 22.2 Å². The third kappa shape index (κ3) is 5.01. The molecule has 3 N–H and O–H groups in total. The molecule has 0 fully saturated rings. The van der Waals surface area contributed by atoms with Crippen LogP contribution in [0, 0.1) is 0 Å². The smallest absolute Gasteiger partial charge is 0.281 e. The van der Waals surface area contributed by atoms with Crippen molar-refractivity contribution in [3.8, 4) is 11.5 Å². The number of carbonyl (C=O) groups excluding carboxylic acids is 1. The lowest BCUT2D eigenvalue weighted by molar-refractivity contribution is -0.131. The molecule has 0 aromatic heterocycles. The Kier molecular flexibility index (Phi) is 6.53. The minimum Gasteiger partial charge on any atom is -0.508 e. The van der Waals surface area contributed by atoms with E-state index >= 15 is 0 Å². The first-order valence-corrected chi connectivity index (χ1v) is 8.42.